The monoisotopic (exact) mass is 394 g/mol. The third-order valence-corrected chi connectivity index (χ3v) is 5.62. The van der Waals surface area contributed by atoms with Crippen molar-refractivity contribution in [3.05, 3.63) is 71.8 Å². The summed E-state index contributed by atoms with van der Waals surface area (Å²) in [5, 5.41) is 5.94. The maximum absolute atomic E-state index is 12.3. The molecule has 1 heterocycles. The zero-order valence-corrected chi connectivity index (χ0v) is 16.9. The van der Waals surface area contributed by atoms with E-state index in [0.29, 0.717) is 26.3 Å². The smallest absolute Gasteiger partial charge is 0.220 e. The normalized spacial score (nSPS) is 15.4. The van der Waals surface area contributed by atoms with E-state index in [9.17, 15) is 9.59 Å². The highest BCUT2D eigenvalue weighted by molar-refractivity contribution is 5.83. The summed E-state index contributed by atoms with van der Waals surface area (Å²) in [5.41, 5.74) is 2.34. The quantitative estimate of drug-likeness (QED) is 0.687. The van der Waals surface area contributed by atoms with Gasteiger partial charge >= 0.3 is 0 Å². The highest BCUT2D eigenvalue weighted by Crippen LogP contribution is 2.34. The largest absolute Gasteiger partial charge is 0.381 e. The molecule has 154 valence electrons. The standard InChI is InChI=1S/C24H30N2O3/c27-22(25-16-13-20-7-3-1-4-8-20)11-12-23(28)26-19-24(14-17-29-18-15-24)21-9-5-2-6-10-21/h1-10H,11-19H2,(H,25,27)(H,26,28). The van der Waals surface area contributed by atoms with Crippen LogP contribution in [0.1, 0.15) is 36.8 Å². The number of hydrogen-bond acceptors (Lipinski definition) is 3. The predicted molar refractivity (Wildman–Crippen MR) is 114 cm³/mol. The number of carbonyl (C=O) groups excluding carboxylic acids is 2. The predicted octanol–water partition coefficient (Wildman–Crippen LogP) is 2.99. The maximum Gasteiger partial charge on any atom is 0.220 e. The summed E-state index contributed by atoms with van der Waals surface area (Å²) in [4.78, 5) is 24.4. The molecule has 0 atom stereocenters. The van der Waals surface area contributed by atoms with Crippen LogP contribution in [0.4, 0.5) is 0 Å². The van der Waals surface area contributed by atoms with Crippen molar-refractivity contribution in [3.8, 4) is 0 Å². The van der Waals surface area contributed by atoms with E-state index in [-0.39, 0.29) is 30.1 Å². The van der Waals surface area contributed by atoms with Gasteiger partial charge in [-0.25, -0.2) is 0 Å². The van der Waals surface area contributed by atoms with Crippen LogP contribution >= 0.6 is 0 Å². The number of hydrogen-bond donors (Lipinski definition) is 2. The highest BCUT2D eigenvalue weighted by atomic mass is 16.5. The van der Waals surface area contributed by atoms with Gasteiger partial charge in [0, 0.05) is 44.6 Å². The van der Waals surface area contributed by atoms with Crippen molar-refractivity contribution in [2.24, 2.45) is 0 Å². The first-order valence-electron chi connectivity index (χ1n) is 10.4. The Morgan fingerprint density at radius 3 is 2.07 bits per heavy atom. The zero-order chi connectivity index (χ0) is 20.4. The molecule has 0 bridgehead atoms. The molecule has 5 nitrogen and oxygen atoms in total. The van der Waals surface area contributed by atoms with Gasteiger partial charge in [-0.1, -0.05) is 60.7 Å². The van der Waals surface area contributed by atoms with Gasteiger partial charge in [-0.3, -0.25) is 9.59 Å². The van der Waals surface area contributed by atoms with Gasteiger partial charge < -0.3 is 15.4 Å². The van der Waals surface area contributed by atoms with Crippen molar-refractivity contribution in [2.45, 2.75) is 37.5 Å². The van der Waals surface area contributed by atoms with Gasteiger partial charge in [0.15, 0.2) is 0 Å². The molecule has 2 N–H and O–H groups in total. The second kappa shape index (κ2) is 10.8. The van der Waals surface area contributed by atoms with E-state index in [2.05, 4.69) is 22.8 Å². The summed E-state index contributed by atoms with van der Waals surface area (Å²) in [6.07, 6.45) is 2.98. The Morgan fingerprint density at radius 2 is 1.41 bits per heavy atom. The van der Waals surface area contributed by atoms with Gasteiger partial charge in [0.25, 0.3) is 0 Å². The van der Waals surface area contributed by atoms with Crippen molar-refractivity contribution in [3.63, 3.8) is 0 Å². The van der Waals surface area contributed by atoms with Crippen LogP contribution in [-0.2, 0) is 26.2 Å². The first kappa shape index (κ1) is 21.1. The van der Waals surface area contributed by atoms with Crippen molar-refractivity contribution >= 4 is 11.8 Å². The summed E-state index contributed by atoms with van der Waals surface area (Å²) >= 11 is 0. The molecule has 2 aromatic carbocycles. The van der Waals surface area contributed by atoms with Gasteiger partial charge in [-0.2, -0.15) is 0 Å². The summed E-state index contributed by atoms with van der Waals surface area (Å²) in [6, 6.07) is 20.4. The fraction of sp³-hybridized carbons (Fsp3) is 0.417. The van der Waals surface area contributed by atoms with Crippen LogP contribution in [0.2, 0.25) is 0 Å². The molecule has 2 aromatic rings. The van der Waals surface area contributed by atoms with Crippen LogP contribution in [0.15, 0.2) is 60.7 Å². The second-order valence-corrected chi connectivity index (χ2v) is 7.62. The lowest BCUT2D eigenvalue weighted by Crippen LogP contribution is -2.44. The van der Waals surface area contributed by atoms with Gasteiger partial charge in [0.1, 0.15) is 0 Å². The fourth-order valence-electron chi connectivity index (χ4n) is 3.78. The highest BCUT2D eigenvalue weighted by Gasteiger charge is 2.34. The molecule has 0 unspecified atom stereocenters. The average molecular weight is 395 g/mol. The fourth-order valence-corrected chi connectivity index (χ4v) is 3.78. The second-order valence-electron chi connectivity index (χ2n) is 7.62. The third-order valence-electron chi connectivity index (χ3n) is 5.62. The zero-order valence-electron chi connectivity index (χ0n) is 16.9. The molecule has 1 saturated heterocycles. The average Bonchev–Trinajstić information content (AvgIpc) is 2.78. The molecule has 29 heavy (non-hydrogen) atoms. The van der Waals surface area contributed by atoms with E-state index in [4.69, 9.17) is 4.74 Å². The van der Waals surface area contributed by atoms with Gasteiger partial charge in [0.2, 0.25) is 11.8 Å². The first-order valence-corrected chi connectivity index (χ1v) is 10.4. The minimum atomic E-state index is -0.0902. The Bertz CT molecular complexity index is 771. The van der Waals surface area contributed by atoms with Crippen LogP contribution in [0.5, 0.6) is 0 Å². The Kier molecular flexibility index (Phi) is 7.82. The van der Waals surface area contributed by atoms with Gasteiger partial charge in [-0.05, 0) is 30.4 Å². The number of rotatable bonds is 9. The summed E-state index contributed by atoms with van der Waals surface area (Å²) in [6.45, 7) is 2.57. The summed E-state index contributed by atoms with van der Waals surface area (Å²) in [5.74, 6) is -0.162. The number of carbonyl (C=O) groups is 2. The van der Waals surface area contributed by atoms with Crippen molar-refractivity contribution in [1.29, 1.82) is 0 Å². The molecule has 0 aromatic heterocycles. The van der Waals surface area contributed by atoms with Crippen LogP contribution < -0.4 is 10.6 Å². The van der Waals surface area contributed by atoms with E-state index in [1.54, 1.807) is 0 Å². The van der Waals surface area contributed by atoms with Crippen LogP contribution in [0, 0.1) is 0 Å². The number of nitrogens with one attached hydrogen (secondary N) is 2. The molecule has 2 amide bonds. The molecule has 0 radical (unpaired) electrons. The van der Waals surface area contributed by atoms with Gasteiger partial charge in [0.05, 0.1) is 0 Å². The number of benzene rings is 2. The maximum atomic E-state index is 12.3. The molecule has 0 saturated carbocycles. The van der Waals surface area contributed by atoms with Crippen LogP contribution in [0.25, 0.3) is 0 Å². The van der Waals surface area contributed by atoms with Crippen molar-refractivity contribution < 1.29 is 14.3 Å². The van der Waals surface area contributed by atoms with E-state index < -0.39 is 0 Å². The molecule has 0 aliphatic carbocycles. The van der Waals surface area contributed by atoms with E-state index in [1.807, 2.05) is 48.5 Å². The first-order chi connectivity index (χ1) is 14.2. The topological polar surface area (TPSA) is 67.4 Å². The minimum Gasteiger partial charge on any atom is -0.381 e. The number of ether oxygens (including phenoxy) is 1. The van der Waals surface area contributed by atoms with Gasteiger partial charge in [-0.15, -0.1) is 0 Å². The molecule has 1 aliphatic rings. The van der Waals surface area contributed by atoms with Crippen molar-refractivity contribution in [1.82, 2.24) is 10.6 Å². The molecule has 5 heteroatoms. The Balaban J connectivity index is 1.41. The Hall–Kier alpha value is -2.66. The third kappa shape index (κ3) is 6.43. The Morgan fingerprint density at radius 1 is 0.828 bits per heavy atom. The van der Waals surface area contributed by atoms with Crippen LogP contribution in [-0.4, -0.2) is 38.1 Å². The molecular formula is C24H30N2O3. The van der Waals surface area contributed by atoms with E-state index in [1.165, 1.54) is 11.1 Å². The summed E-state index contributed by atoms with van der Waals surface area (Å²) in [7, 11) is 0. The number of amides is 2. The lowest BCUT2D eigenvalue weighted by atomic mass is 9.74. The molecule has 1 aliphatic heterocycles. The SMILES string of the molecule is O=C(CCC(=O)NCC1(c2ccccc2)CCOCC1)NCCc1ccccc1. The lowest BCUT2D eigenvalue weighted by molar-refractivity contribution is -0.126. The van der Waals surface area contributed by atoms with E-state index >= 15 is 0 Å². The molecule has 1 fully saturated rings. The molecule has 0 spiro atoms. The summed E-state index contributed by atoms with van der Waals surface area (Å²) < 4.78 is 5.54. The molecular weight excluding hydrogens is 364 g/mol. The minimum absolute atomic E-state index is 0.0787. The lowest BCUT2D eigenvalue weighted by Gasteiger charge is -2.38. The Labute approximate surface area is 172 Å². The van der Waals surface area contributed by atoms with Crippen LogP contribution in [0.3, 0.4) is 0 Å². The van der Waals surface area contributed by atoms with E-state index in [0.717, 1.165) is 19.3 Å². The van der Waals surface area contributed by atoms with Crippen molar-refractivity contribution in [2.75, 3.05) is 26.3 Å². The molecule has 3 rings (SSSR count).